The molecule has 1 aliphatic heterocycles. The zero-order valence-corrected chi connectivity index (χ0v) is 19.3. The van der Waals surface area contributed by atoms with Crippen LogP contribution < -0.4 is 10.6 Å². The first kappa shape index (κ1) is 23.1. The zero-order valence-electron chi connectivity index (χ0n) is 16.1. The van der Waals surface area contributed by atoms with Gasteiger partial charge in [-0.15, -0.1) is 24.0 Å². The van der Waals surface area contributed by atoms with Crippen LogP contribution in [0.1, 0.15) is 33.3 Å². The van der Waals surface area contributed by atoms with Gasteiger partial charge >= 0.3 is 0 Å². The van der Waals surface area contributed by atoms with Gasteiger partial charge in [-0.25, -0.2) is 4.99 Å². The number of hydrogen-bond donors (Lipinski definition) is 2. The van der Waals surface area contributed by atoms with Gasteiger partial charge < -0.3 is 15.5 Å². The monoisotopic (exact) mass is 490 g/mol. The summed E-state index contributed by atoms with van der Waals surface area (Å²) in [6.07, 6.45) is 0. The van der Waals surface area contributed by atoms with Gasteiger partial charge in [0.15, 0.2) is 5.96 Å². The van der Waals surface area contributed by atoms with Crippen LogP contribution in [0.4, 0.5) is 5.69 Å². The molecule has 0 bridgehead atoms. The quantitative estimate of drug-likeness (QED) is 0.375. The Labute approximate surface area is 178 Å². The van der Waals surface area contributed by atoms with Crippen molar-refractivity contribution in [2.75, 3.05) is 30.7 Å². The van der Waals surface area contributed by atoms with Crippen LogP contribution in [0, 0.1) is 5.92 Å². The Balaban J connectivity index is 0.00000338. The number of anilines is 1. The second-order valence-corrected chi connectivity index (χ2v) is 8.00. The van der Waals surface area contributed by atoms with Gasteiger partial charge in [-0.2, -0.15) is 11.8 Å². The summed E-state index contributed by atoms with van der Waals surface area (Å²) >= 11 is 2.07. The van der Waals surface area contributed by atoms with Crippen LogP contribution in [0.3, 0.4) is 0 Å². The highest BCUT2D eigenvalue weighted by atomic mass is 127. The largest absolute Gasteiger partial charge is 0.357 e. The summed E-state index contributed by atoms with van der Waals surface area (Å²) in [5.41, 5.74) is 1.91. The van der Waals surface area contributed by atoms with Gasteiger partial charge in [0, 0.05) is 43.2 Å². The highest BCUT2D eigenvalue weighted by molar-refractivity contribution is 14.0. The minimum atomic E-state index is -0.0560. The minimum absolute atomic E-state index is 0. The third-order valence-electron chi connectivity index (χ3n) is 4.13. The van der Waals surface area contributed by atoms with Crippen LogP contribution in [-0.4, -0.2) is 47.4 Å². The molecule has 1 aliphatic rings. The molecule has 0 aromatic heterocycles. The SMILES string of the molecule is CCNC(=NCc1cccc(NC(C)=O)c1)N1CCSC(C(C)C)C1.I. The molecule has 5 nitrogen and oxygen atoms in total. The van der Waals surface area contributed by atoms with Crippen molar-refractivity contribution in [1.82, 2.24) is 10.2 Å². The van der Waals surface area contributed by atoms with E-state index in [4.69, 9.17) is 4.99 Å². The molecule has 0 radical (unpaired) electrons. The van der Waals surface area contributed by atoms with E-state index in [1.807, 2.05) is 24.3 Å². The summed E-state index contributed by atoms with van der Waals surface area (Å²) < 4.78 is 0. The van der Waals surface area contributed by atoms with Crippen molar-refractivity contribution in [3.05, 3.63) is 29.8 Å². The molecule has 0 spiro atoms. The van der Waals surface area contributed by atoms with Gasteiger partial charge in [0.1, 0.15) is 0 Å². The van der Waals surface area contributed by atoms with Crippen molar-refractivity contribution in [3.8, 4) is 0 Å². The lowest BCUT2D eigenvalue weighted by Gasteiger charge is -2.36. The fourth-order valence-corrected chi connectivity index (χ4v) is 4.11. The fraction of sp³-hybridized carbons (Fsp3) is 0.579. The van der Waals surface area contributed by atoms with Crippen LogP contribution in [0.5, 0.6) is 0 Å². The molecule has 1 atom stereocenters. The van der Waals surface area contributed by atoms with Gasteiger partial charge in [0.25, 0.3) is 0 Å². The molecule has 26 heavy (non-hydrogen) atoms. The van der Waals surface area contributed by atoms with Crippen molar-refractivity contribution in [3.63, 3.8) is 0 Å². The lowest BCUT2D eigenvalue weighted by atomic mass is 10.1. The summed E-state index contributed by atoms with van der Waals surface area (Å²) in [5.74, 6) is 2.74. The van der Waals surface area contributed by atoms with Gasteiger partial charge in [-0.1, -0.05) is 26.0 Å². The molecule has 7 heteroatoms. The molecule has 1 amide bonds. The average molecular weight is 490 g/mol. The molecular formula is C19H31IN4OS. The molecule has 2 rings (SSSR count). The number of nitrogens with zero attached hydrogens (tertiary/aromatic N) is 2. The molecule has 1 fully saturated rings. The van der Waals surface area contributed by atoms with Crippen molar-refractivity contribution in [2.45, 2.75) is 39.5 Å². The minimum Gasteiger partial charge on any atom is -0.357 e. The van der Waals surface area contributed by atoms with E-state index < -0.39 is 0 Å². The highest BCUT2D eigenvalue weighted by Gasteiger charge is 2.24. The Hall–Kier alpha value is -0.960. The third-order valence-corrected chi connectivity index (χ3v) is 5.67. The summed E-state index contributed by atoms with van der Waals surface area (Å²) in [4.78, 5) is 18.4. The number of amides is 1. The molecule has 0 aliphatic carbocycles. The van der Waals surface area contributed by atoms with E-state index in [0.29, 0.717) is 17.7 Å². The Morgan fingerprint density at radius 1 is 1.42 bits per heavy atom. The number of hydrogen-bond acceptors (Lipinski definition) is 3. The predicted octanol–water partition coefficient (Wildman–Crippen LogP) is 3.80. The lowest BCUT2D eigenvalue weighted by molar-refractivity contribution is -0.114. The standard InChI is InChI=1S/C19H30N4OS.HI/c1-5-20-19(23-9-10-25-18(13-23)14(2)3)21-12-16-7-6-8-17(11-16)22-15(4)24;/h6-8,11,14,18H,5,9-10,12-13H2,1-4H3,(H,20,21)(H,22,24);1H. The second kappa shape index (κ2) is 11.7. The number of nitrogens with one attached hydrogen (secondary N) is 2. The predicted molar refractivity (Wildman–Crippen MR) is 124 cm³/mol. The molecule has 146 valence electrons. The van der Waals surface area contributed by atoms with E-state index in [2.05, 4.69) is 48.1 Å². The normalized spacial score (nSPS) is 17.7. The first-order valence-electron chi connectivity index (χ1n) is 9.01. The molecule has 0 saturated carbocycles. The van der Waals surface area contributed by atoms with E-state index in [1.54, 1.807) is 0 Å². The molecule has 1 aromatic rings. The number of carbonyl (C=O) groups excluding carboxylic acids is 1. The van der Waals surface area contributed by atoms with Gasteiger partial charge in [0.2, 0.25) is 5.91 Å². The summed E-state index contributed by atoms with van der Waals surface area (Å²) in [6, 6.07) is 7.88. The van der Waals surface area contributed by atoms with Gasteiger partial charge in [-0.05, 0) is 30.5 Å². The Morgan fingerprint density at radius 2 is 2.19 bits per heavy atom. The fourth-order valence-electron chi connectivity index (χ4n) is 2.81. The maximum atomic E-state index is 11.2. The molecule has 1 heterocycles. The molecule has 1 unspecified atom stereocenters. The second-order valence-electron chi connectivity index (χ2n) is 6.65. The first-order valence-corrected chi connectivity index (χ1v) is 10.1. The van der Waals surface area contributed by atoms with Crippen molar-refractivity contribution < 1.29 is 4.79 Å². The highest BCUT2D eigenvalue weighted by Crippen LogP contribution is 2.25. The van der Waals surface area contributed by atoms with E-state index in [0.717, 1.165) is 42.6 Å². The smallest absolute Gasteiger partial charge is 0.221 e. The van der Waals surface area contributed by atoms with E-state index >= 15 is 0 Å². The number of halogens is 1. The molecule has 1 aromatic carbocycles. The summed E-state index contributed by atoms with van der Waals surface area (Å²) in [7, 11) is 0. The van der Waals surface area contributed by atoms with Crippen LogP contribution in [-0.2, 0) is 11.3 Å². The third kappa shape index (κ3) is 7.34. The van der Waals surface area contributed by atoms with Crippen molar-refractivity contribution in [2.24, 2.45) is 10.9 Å². The maximum Gasteiger partial charge on any atom is 0.221 e. The maximum absolute atomic E-state index is 11.2. The Morgan fingerprint density at radius 3 is 2.85 bits per heavy atom. The van der Waals surface area contributed by atoms with E-state index in [-0.39, 0.29) is 29.9 Å². The number of benzene rings is 1. The topological polar surface area (TPSA) is 56.7 Å². The van der Waals surface area contributed by atoms with Crippen LogP contribution in [0.2, 0.25) is 0 Å². The van der Waals surface area contributed by atoms with Gasteiger partial charge in [0.05, 0.1) is 6.54 Å². The molecular weight excluding hydrogens is 459 g/mol. The van der Waals surface area contributed by atoms with Crippen molar-refractivity contribution in [1.29, 1.82) is 0 Å². The molecule has 2 N–H and O–H groups in total. The number of thioether (sulfide) groups is 1. The van der Waals surface area contributed by atoms with Crippen LogP contribution >= 0.6 is 35.7 Å². The summed E-state index contributed by atoms with van der Waals surface area (Å²) in [5, 5.41) is 6.90. The van der Waals surface area contributed by atoms with Crippen LogP contribution in [0.25, 0.3) is 0 Å². The number of rotatable bonds is 5. The van der Waals surface area contributed by atoms with E-state index in [9.17, 15) is 4.79 Å². The first-order chi connectivity index (χ1) is 12.0. The number of guanidine groups is 1. The Bertz CT molecular complexity index is 609. The average Bonchev–Trinajstić information content (AvgIpc) is 2.58. The van der Waals surface area contributed by atoms with Crippen LogP contribution in [0.15, 0.2) is 29.3 Å². The zero-order chi connectivity index (χ0) is 18.2. The number of aliphatic imine (C=N–C) groups is 1. The van der Waals surface area contributed by atoms with E-state index in [1.165, 1.54) is 6.92 Å². The Kier molecular flexibility index (Phi) is 10.4. The molecule has 1 saturated heterocycles. The van der Waals surface area contributed by atoms with Gasteiger partial charge in [-0.3, -0.25) is 4.79 Å². The summed E-state index contributed by atoms with van der Waals surface area (Å²) in [6.45, 7) is 11.7. The van der Waals surface area contributed by atoms with Crippen molar-refractivity contribution >= 4 is 53.3 Å². The number of carbonyl (C=O) groups is 1. The lowest BCUT2D eigenvalue weighted by Crippen LogP contribution is -2.49.